The molecule has 1 aromatic heterocycles. The first-order valence-corrected chi connectivity index (χ1v) is 6.86. The Morgan fingerprint density at radius 3 is 2.52 bits per heavy atom. The minimum atomic E-state index is -0.593. The Morgan fingerprint density at radius 1 is 1.14 bits per heavy atom. The van der Waals surface area contributed by atoms with E-state index >= 15 is 0 Å². The number of carbonyl (C=O) groups excluding carboxylic acids is 2. The molecule has 0 unspecified atom stereocenters. The van der Waals surface area contributed by atoms with Gasteiger partial charge in [-0.1, -0.05) is 6.07 Å². The van der Waals surface area contributed by atoms with Crippen LogP contribution in [0.3, 0.4) is 0 Å². The predicted octanol–water partition coefficient (Wildman–Crippen LogP) is 2.12. The number of thiophene rings is 1. The summed E-state index contributed by atoms with van der Waals surface area (Å²) in [5.74, 6) is -0.221. The van der Waals surface area contributed by atoms with E-state index in [2.05, 4.69) is 5.32 Å². The summed E-state index contributed by atoms with van der Waals surface area (Å²) < 4.78 is 10.4. The molecule has 0 radical (unpaired) electrons. The molecule has 0 spiro atoms. The largest absolute Gasteiger partial charge is 0.493 e. The molecule has 0 aliphatic rings. The molecule has 2 rings (SSSR count). The number of hydrogen-bond donors (Lipinski definition) is 2. The summed E-state index contributed by atoms with van der Waals surface area (Å²) in [7, 11) is 2.94. The Labute approximate surface area is 125 Å². The second-order valence-electron chi connectivity index (χ2n) is 4.02. The van der Waals surface area contributed by atoms with Gasteiger partial charge in [-0.05, 0) is 23.6 Å². The lowest BCUT2D eigenvalue weighted by Crippen LogP contribution is -2.17. The van der Waals surface area contributed by atoms with Gasteiger partial charge in [-0.15, -0.1) is 11.3 Å². The molecule has 0 fully saturated rings. The lowest BCUT2D eigenvalue weighted by molar-refractivity contribution is 0.100. The maximum Gasteiger partial charge on any atom is 0.260 e. The molecule has 1 aromatic carbocycles. The van der Waals surface area contributed by atoms with Crippen molar-refractivity contribution in [3.05, 3.63) is 40.8 Å². The number of nitrogens with two attached hydrogens (primary N) is 1. The van der Waals surface area contributed by atoms with E-state index in [1.54, 1.807) is 29.6 Å². The van der Waals surface area contributed by atoms with Gasteiger partial charge in [-0.25, -0.2) is 0 Å². The van der Waals surface area contributed by atoms with Crippen LogP contribution in [-0.4, -0.2) is 26.0 Å². The number of benzene rings is 1. The van der Waals surface area contributed by atoms with Crippen molar-refractivity contribution in [1.82, 2.24) is 0 Å². The summed E-state index contributed by atoms with van der Waals surface area (Å²) in [4.78, 5) is 23.6. The first-order valence-electron chi connectivity index (χ1n) is 5.98. The van der Waals surface area contributed by atoms with Gasteiger partial charge >= 0.3 is 0 Å². The Bertz CT molecular complexity index is 681. The Kier molecular flexibility index (Phi) is 4.44. The van der Waals surface area contributed by atoms with E-state index in [4.69, 9.17) is 15.2 Å². The highest BCUT2D eigenvalue weighted by atomic mass is 32.1. The fraction of sp³-hybridized carbons (Fsp3) is 0.143. The normalized spacial score (nSPS) is 10.0. The van der Waals surface area contributed by atoms with Crippen LogP contribution in [-0.2, 0) is 0 Å². The van der Waals surface area contributed by atoms with Crippen molar-refractivity contribution >= 4 is 28.2 Å². The molecule has 0 bridgehead atoms. The van der Waals surface area contributed by atoms with E-state index < -0.39 is 11.8 Å². The van der Waals surface area contributed by atoms with Crippen LogP contribution < -0.4 is 20.5 Å². The molecule has 3 N–H and O–H groups in total. The van der Waals surface area contributed by atoms with E-state index in [0.717, 1.165) is 0 Å². The van der Waals surface area contributed by atoms with Gasteiger partial charge in [0.1, 0.15) is 5.00 Å². The van der Waals surface area contributed by atoms with Crippen LogP contribution in [0.25, 0.3) is 0 Å². The van der Waals surface area contributed by atoms with Gasteiger partial charge in [0.25, 0.3) is 11.8 Å². The van der Waals surface area contributed by atoms with Crippen molar-refractivity contribution in [3.8, 4) is 11.5 Å². The van der Waals surface area contributed by atoms with Crippen LogP contribution >= 0.6 is 11.3 Å². The van der Waals surface area contributed by atoms with Gasteiger partial charge in [0.05, 0.1) is 25.3 Å². The number of nitrogens with one attached hydrogen (secondary N) is 1. The molecule has 2 aromatic rings. The van der Waals surface area contributed by atoms with Gasteiger partial charge < -0.3 is 20.5 Å². The molecule has 6 nitrogen and oxygen atoms in total. The van der Waals surface area contributed by atoms with Gasteiger partial charge in [-0.2, -0.15) is 0 Å². The topological polar surface area (TPSA) is 90.6 Å². The first-order chi connectivity index (χ1) is 10.1. The lowest BCUT2D eigenvalue weighted by atomic mass is 10.1. The summed E-state index contributed by atoms with van der Waals surface area (Å²) in [6.07, 6.45) is 0. The molecule has 0 aliphatic carbocycles. The number of primary amides is 1. The fourth-order valence-corrected chi connectivity index (χ4v) is 2.62. The maximum atomic E-state index is 12.3. The number of para-hydroxylation sites is 1. The standard InChI is InChI=1S/C14H14N2O4S/c1-19-10-5-3-4-8(11(10)20-2)13(18)16-14-9(12(15)17)6-7-21-14/h3-7H,1-2H3,(H2,15,17)(H,16,18). The zero-order valence-corrected chi connectivity index (χ0v) is 12.3. The molecular weight excluding hydrogens is 292 g/mol. The Balaban J connectivity index is 2.33. The first kappa shape index (κ1) is 14.9. The van der Waals surface area contributed by atoms with Crippen molar-refractivity contribution < 1.29 is 19.1 Å². The van der Waals surface area contributed by atoms with Crippen molar-refractivity contribution in [1.29, 1.82) is 0 Å². The number of carbonyl (C=O) groups is 2. The predicted molar refractivity (Wildman–Crippen MR) is 80.3 cm³/mol. The third kappa shape index (κ3) is 2.97. The molecule has 110 valence electrons. The van der Waals surface area contributed by atoms with Gasteiger partial charge in [0.15, 0.2) is 11.5 Å². The number of methoxy groups -OCH3 is 2. The molecule has 0 saturated carbocycles. The summed E-state index contributed by atoms with van der Waals surface area (Å²) in [5.41, 5.74) is 5.83. The highest BCUT2D eigenvalue weighted by Crippen LogP contribution is 2.32. The molecule has 0 saturated heterocycles. The average molecular weight is 306 g/mol. The van der Waals surface area contributed by atoms with Crippen LogP contribution in [0.5, 0.6) is 11.5 Å². The molecule has 7 heteroatoms. The summed E-state index contributed by atoms with van der Waals surface area (Å²) in [6.45, 7) is 0. The van der Waals surface area contributed by atoms with Crippen molar-refractivity contribution in [2.45, 2.75) is 0 Å². The number of anilines is 1. The van der Waals surface area contributed by atoms with Crippen LogP contribution in [0.2, 0.25) is 0 Å². The smallest absolute Gasteiger partial charge is 0.260 e. The van der Waals surface area contributed by atoms with Crippen LogP contribution in [0.1, 0.15) is 20.7 Å². The maximum absolute atomic E-state index is 12.3. The molecule has 21 heavy (non-hydrogen) atoms. The monoisotopic (exact) mass is 306 g/mol. The second kappa shape index (κ2) is 6.27. The molecular formula is C14H14N2O4S. The van der Waals surface area contributed by atoms with Crippen molar-refractivity contribution in [3.63, 3.8) is 0 Å². The van der Waals surface area contributed by atoms with E-state index in [-0.39, 0.29) is 5.56 Å². The quantitative estimate of drug-likeness (QED) is 0.885. The SMILES string of the molecule is COc1cccc(C(=O)Nc2sccc2C(N)=O)c1OC. The van der Waals surface area contributed by atoms with Crippen molar-refractivity contribution in [2.24, 2.45) is 5.73 Å². The van der Waals surface area contributed by atoms with Gasteiger partial charge in [0.2, 0.25) is 0 Å². The Hall–Kier alpha value is -2.54. The summed E-state index contributed by atoms with van der Waals surface area (Å²) >= 11 is 1.22. The molecule has 0 aliphatic heterocycles. The molecule has 1 heterocycles. The second-order valence-corrected chi connectivity index (χ2v) is 4.94. The third-order valence-electron chi connectivity index (χ3n) is 2.81. The number of amides is 2. The number of hydrogen-bond acceptors (Lipinski definition) is 5. The van der Waals surface area contributed by atoms with E-state index in [1.165, 1.54) is 25.6 Å². The minimum absolute atomic E-state index is 0.273. The van der Waals surface area contributed by atoms with E-state index in [9.17, 15) is 9.59 Å². The zero-order chi connectivity index (χ0) is 15.4. The Morgan fingerprint density at radius 2 is 1.90 bits per heavy atom. The number of ether oxygens (including phenoxy) is 2. The van der Waals surface area contributed by atoms with E-state index in [1.807, 2.05) is 0 Å². The van der Waals surface area contributed by atoms with Crippen LogP contribution in [0.4, 0.5) is 5.00 Å². The molecule has 2 amide bonds. The highest BCUT2D eigenvalue weighted by molar-refractivity contribution is 7.14. The minimum Gasteiger partial charge on any atom is -0.493 e. The summed E-state index contributed by atoms with van der Waals surface area (Å²) in [6, 6.07) is 6.54. The number of rotatable bonds is 5. The highest BCUT2D eigenvalue weighted by Gasteiger charge is 2.19. The van der Waals surface area contributed by atoms with Gasteiger partial charge in [0, 0.05) is 0 Å². The average Bonchev–Trinajstić information content (AvgIpc) is 2.94. The van der Waals surface area contributed by atoms with Gasteiger partial charge in [-0.3, -0.25) is 9.59 Å². The molecule has 0 atom stereocenters. The lowest BCUT2D eigenvalue weighted by Gasteiger charge is -2.12. The van der Waals surface area contributed by atoms with Crippen molar-refractivity contribution in [2.75, 3.05) is 19.5 Å². The zero-order valence-electron chi connectivity index (χ0n) is 11.5. The van der Waals surface area contributed by atoms with Crippen LogP contribution in [0.15, 0.2) is 29.6 Å². The van der Waals surface area contributed by atoms with Crippen LogP contribution in [0, 0.1) is 0 Å². The van der Waals surface area contributed by atoms with E-state index in [0.29, 0.717) is 22.1 Å². The third-order valence-corrected chi connectivity index (χ3v) is 3.64. The summed E-state index contributed by atoms with van der Waals surface area (Å²) in [5, 5.41) is 4.74. The fourth-order valence-electron chi connectivity index (χ4n) is 1.84.